The number of anilines is 1. The van der Waals surface area contributed by atoms with Gasteiger partial charge in [0.05, 0.1) is 5.56 Å². The maximum Gasteiger partial charge on any atom is 0.254 e. The van der Waals surface area contributed by atoms with Gasteiger partial charge in [-0.1, -0.05) is 6.92 Å². The monoisotopic (exact) mass is 251 g/mol. The van der Waals surface area contributed by atoms with Crippen LogP contribution in [-0.2, 0) is 0 Å². The smallest absolute Gasteiger partial charge is 0.254 e. The fraction of sp³-hybridized carbons (Fsp3) is 0.538. The van der Waals surface area contributed by atoms with E-state index >= 15 is 0 Å². The number of nitrogens with zero attached hydrogens (tertiary/aromatic N) is 2. The average molecular weight is 251 g/mol. The van der Waals surface area contributed by atoms with E-state index in [2.05, 4.69) is 10.3 Å². The Labute approximate surface area is 108 Å². The first-order chi connectivity index (χ1) is 8.45. The zero-order chi connectivity index (χ0) is 13.7. The zero-order valence-electron chi connectivity index (χ0n) is 11.3. The van der Waals surface area contributed by atoms with Crippen LogP contribution in [0.3, 0.4) is 0 Å². The number of aliphatic hydroxyl groups excluding tert-OH is 1. The van der Waals surface area contributed by atoms with Crippen LogP contribution in [0.2, 0.25) is 0 Å². The Morgan fingerprint density at radius 1 is 1.44 bits per heavy atom. The van der Waals surface area contributed by atoms with Gasteiger partial charge in [-0.05, 0) is 25.0 Å². The van der Waals surface area contributed by atoms with Crippen LogP contribution in [0, 0.1) is 5.92 Å². The van der Waals surface area contributed by atoms with Crippen LogP contribution < -0.4 is 5.32 Å². The zero-order valence-corrected chi connectivity index (χ0v) is 11.3. The normalized spacial score (nSPS) is 13.8. The van der Waals surface area contributed by atoms with Crippen LogP contribution in [0.4, 0.5) is 5.82 Å². The van der Waals surface area contributed by atoms with E-state index in [1.807, 2.05) is 13.8 Å². The molecule has 2 unspecified atom stereocenters. The number of nitrogens with one attached hydrogen (secondary N) is 1. The molecule has 0 aromatic carbocycles. The SMILES string of the molecule is CC(CO)C(C)Nc1ccc(C(=O)N(C)C)cn1. The molecule has 2 N–H and O–H groups in total. The second-order valence-corrected chi connectivity index (χ2v) is 4.72. The second kappa shape index (κ2) is 6.35. The van der Waals surface area contributed by atoms with E-state index in [-0.39, 0.29) is 24.5 Å². The summed E-state index contributed by atoms with van der Waals surface area (Å²) in [6, 6.07) is 3.64. The number of aliphatic hydroxyl groups is 1. The van der Waals surface area contributed by atoms with Crippen molar-refractivity contribution < 1.29 is 9.90 Å². The third-order valence-electron chi connectivity index (χ3n) is 2.93. The van der Waals surface area contributed by atoms with Crippen molar-refractivity contribution in [2.75, 3.05) is 26.0 Å². The summed E-state index contributed by atoms with van der Waals surface area (Å²) in [6.07, 6.45) is 1.56. The number of hydrogen-bond acceptors (Lipinski definition) is 4. The van der Waals surface area contributed by atoms with E-state index in [0.717, 1.165) is 0 Å². The molecular formula is C13H21N3O2. The highest BCUT2D eigenvalue weighted by atomic mass is 16.3. The van der Waals surface area contributed by atoms with Gasteiger partial charge in [0.15, 0.2) is 0 Å². The molecule has 1 rings (SSSR count). The van der Waals surface area contributed by atoms with Gasteiger partial charge in [-0.15, -0.1) is 0 Å². The molecule has 0 fully saturated rings. The van der Waals surface area contributed by atoms with Crippen LogP contribution in [0.25, 0.3) is 0 Å². The number of hydrogen-bond donors (Lipinski definition) is 2. The molecule has 1 aromatic heterocycles. The fourth-order valence-electron chi connectivity index (χ4n) is 1.40. The molecule has 0 saturated carbocycles. The van der Waals surface area contributed by atoms with Gasteiger partial charge < -0.3 is 15.3 Å². The average Bonchev–Trinajstić information content (AvgIpc) is 2.37. The quantitative estimate of drug-likeness (QED) is 0.825. The second-order valence-electron chi connectivity index (χ2n) is 4.72. The predicted octanol–water partition coefficient (Wildman–Crippen LogP) is 1.21. The third-order valence-corrected chi connectivity index (χ3v) is 2.93. The molecule has 0 spiro atoms. The Bertz CT molecular complexity index is 390. The Kier molecular flexibility index (Phi) is 5.09. The highest BCUT2D eigenvalue weighted by Crippen LogP contribution is 2.11. The molecule has 0 bridgehead atoms. The van der Waals surface area contributed by atoms with Gasteiger partial charge in [-0.25, -0.2) is 4.98 Å². The first-order valence-corrected chi connectivity index (χ1v) is 6.00. The van der Waals surface area contributed by atoms with Crippen molar-refractivity contribution in [1.29, 1.82) is 0 Å². The van der Waals surface area contributed by atoms with Crippen molar-refractivity contribution in [3.63, 3.8) is 0 Å². The lowest BCUT2D eigenvalue weighted by molar-refractivity contribution is 0.0827. The van der Waals surface area contributed by atoms with Crippen LogP contribution in [0.15, 0.2) is 18.3 Å². The molecule has 1 heterocycles. The Morgan fingerprint density at radius 2 is 2.11 bits per heavy atom. The van der Waals surface area contributed by atoms with Crippen molar-refractivity contribution in [2.24, 2.45) is 5.92 Å². The highest BCUT2D eigenvalue weighted by Gasteiger charge is 2.12. The number of rotatable bonds is 5. The number of carbonyl (C=O) groups excluding carboxylic acids is 1. The summed E-state index contributed by atoms with van der Waals surface area (Å²) >= 11 is 0. The molecule has 100 valence electrons. The minimum absolute atomic E-state index is 0.0641. The Morgan fingerprint density at radius 3 is 2.56 bits per heavy atom. The van der Waals surface area contributed by atoms with Gasteiger partial charge in [0.1, 0.15) is 5.82 Å². The van der Waals surface area contributed by atoms with Gasteiger partial charge in [0.25, 0.3) is 5.91 Å². The third kappa shape index (κ3) is 3.70. The Balaban J connectivity index is 2.69. The van der Waals surface area contributed by atoms with Crippen LogP contribution in [0.5, 0.6) is 0 Å². The first-order valence-electron chi connectivity index (χ1n) is 6.00. The minimum atomic E-state index is -0.0641. The van der Waals surface area contributed by atoms with E-state index in [1.165, 1.54) is 4.90 Å². The molecule has 0 radical (unpaired) electrons. The van der Waals surface area contributed by atoms with Crippen molar-refractivity contribution in [3.8, 4) is 0 Å². The highest BCUT2D eigenvalue weighted by molar-refractivity contribution is 5.93. The maximum atomic E-state index is 11.7. The summed E-state index contributed by atoms with van der Waals surface area (Å²) in [6.45, 7) is 4.08. The number of aromatic nitrogens is 1. The molecule has 0 aliphatic carbocycles. The summed E-state index contributed by atoms with van der Waals surface area (Å²) in [5.41, 5.74) is 0.563. The van der Waals surface area contributed by atoms with Crippen molar-refractivity contribution in [2.45, 2.75) is 19.9 Å². The molecule has 18 heavy (non-hydrogen) atoms. The van der Waals surface area contributed by atoms with Gasteiger partial charge in [0, 0.05) is 32.9 Å². The fourth-order valence-corrected chi connectivity index (χ4v) is 1.40. The summed E-state index contributed by atoms with van der Waals surface area (Å²) in [4.78, 5) is 17.4. The lowest BCUT2D eigenvalue weighted by atomic mass is 10.1. The van der Waals surface area contributed by atoms with Crippen molar-refractivity contribution in [3.05, 3.63) is 23.9 Å². The van der Waals surface area contributed by atoms with Crippen LogP contribution >= 0.6 is 0 Å². The van der Waals surface area contributed by atoms with Gasteiger partial charge >= 0.3 is 0 Å². The summed E-state index contributed by atoms with van der Waals surface area (Å²) in [7, 11) is 3.42. The van der Waals surface area contributed by atoms with Gasteiger partial charge in [0.2, 0.25) is 0 Å². The van der Waals surface area contributed by atoms with Crippen molar-refractivity contribution in [1.82, 2.24) is 9.88 Å². The van der Waals surface area contributed by atoms with E-state index in [4.69, 9.17) is 5.11 Å². The molecular weight excluding hydrogens is 230 g/mol. The lowest BCUT2D eigenvalue weighted by Crippen LogP contribution is -2.27. The standard InChI is InChI=1S/C13H21N3O2/c1-9(8-17)10(2)15-12-6-5-11(7-14-12)13(18)16(3)4/h5-7,9-10,17H,8H2,1-4H3,(H,14,15). The van der Waals surface area contributed by atoms with E-state index in [9.17, 15) is 4.79 Å². The van der Waals surface area contributed by atoms with E-state index < -0.39 is 0 Å². The molecule has 2 atom stereocenters. The minimum Gasteiger partial charge on any atom is -0.396 e. The summed E-state index contributed by atoms with van der Waals surface area (Å²) in [5, 5.41) is 12.2. The summed E-state index contributed by atoms with van der Waals surface area (Å²) < 4.78 is 0. The number of amides is 1. The summed E-state index contributed by atoms with van der Waals surface area (Å²) in [5.74, 6) is 0.791. The molecule has 0 aliphatic heterocycles. The first kappa shape index (κ1) is 14.4. The molecule has 1 aromatic rings. The van der Waals surface area contributed by atoms with Gasteiger partial charge in [-0.3, -0.25) is 4.79 Å². The van der Waals surface area contributed by atoms with E-state index in [0.29, 0.717) is 11.4 Å². The Hall–Kier alpha value is -1.62. The van der Waals surface area contributed by atoms with Crippen LogP contribution in [0.1, 0.15) is 24.2 Å². The topological polar surface area (TPSA) is 65.5 Å². The number of pyridine rings is 1. The maximum absolute atomic E-state index is 11.7. The van der Waals surface area contributed by atoms with Crippen LogP contribution in [-0.4, -0.2) is 47.6 Å². The van der Waals surface area contributed by atoms with E-state index in [1.54, 1.807) is 32.4 Å². The predicted molar refractivity (Wildman–Crippen MR) is 71.6 cm³/mol. The van der Waals surface area contributed by atoms with Crippen molar-refractivity contribution >= 4 is 11.7 Å². The molecule has 5 nitrogen and oxygen atoms in total. The molecule has 5 heteroatoms. The lowest BCUT2D eigenvalue weighted by Gasteiger charge is -2.20. The molecule has 0 saturated heterocycles. The largest absolute Gasteiger partial charge is 0.396 e. The number of carbonyl (C=O) groups is 1. The van der Waals surface area contributed by atoms with Gasteiger partial charge in [-0.2, -0.15) is 0 Å². The molecule has 1 amide bonds. The molecule has 0 aliphatic rings.